The largest absolute Gasteiger partial charge is 0.327 e. The zero-order valence-electron chi connectivity index (χ0n) is 9.98. The molecule has 1 aromatic rings. The van der Waals surface area contributed by atoms with Crippen LogP contribution in [-0.4, -0.2) is 23.4 Å². The smallest absolute Gasteiger partial charge is 0.223 e. The molecule has 0 aliphatic heterocycles. The third kappa shape index (κ3) is 2.34. The van der Waals surface area contributed by atoms with E-state index < -0.39 is 5.54 Å². The van der Waals surface area contributed by atoms with Gasteiger partial charge < -0.3 is 4.90 Å². The van der Waals surface area contributed by atoms with Gasteiger partial charge in [-0.2, -0.15) is 5.26 Å². The molecule has 0 atom stereocenters. The number of nitrogens with zero attached hydrogens (tertiary/aromatic N) is 2. The van der Waals surface area contributed by atoms with Gasteiger partial charge >= 0.3 is 0 Å². The van der Waals surface area contributed by atoms with Gasteiger partial charge in [-0.3, -0.25) is 4.79 Å². The second kappa shape index (κ2) is 4.89. The summed E-state index contributed by atoms with van der Waals surface area (Å²) in [6.07, 6.45) is 3.98. The van der Waals surface area contributed by atoms with Gasteiger partial charge in [0.05, 0.1) is 6.07 Å². The van der Waals surface area contributed by atoms with Crippen LogP contribution in [0.5, 0.6) is 0 Å². The molecule has 0 aromatic carbocycles. The van der Waals surface area contributed by atoms with E-state index in [2.05, 4.69) is 6.07 Å². The number of hydrogen-bond donors (Lipinski definition) is 0. The maximum absolute atomic E-state index is 12.0. The van der Waals surface area contributed by atoms with Crippen molar-refractivity contribution in [1.82, 2.24) is 4.90 Å². The number of carbonyl (C=O) groups is 1. The molecule has 90 valence electrons. The van der Waals surface area contributed by atoms with Gasteiger partial charge in [0.1, 0.15) is 5.54 Å². The van der Waals surface area contributed by atoms with Crippen LogP contribution in [0.2, 0.25) is 0 Å². The Morgan fingerprint density at radius 2 is 2.41 bits per heavy atom. The fourth-order valence-corrected chi connectivity index (χ4v) is 2.83. The molecule has 0 spiro atoms. The van der Waals surface area contributed by atoms with Gasteiger partial charge in [-0.25, -0.2) is 0 Å². The molecule has 1 aliphatic rings. The van der Waals surface area contributed by atoms with E-state index in [0.717, 1.165) is 25.7 Å². The summed E-state index contributed by atoms with van der Waals surface area (Å²) >= 11 is 1.67. The lowest BCUT2D eigenvalue weighted by atomic mass is 9.76. The predicted molar refractivity (Wildman–Crippen MR) is 67.6 cm³/mol. The Balaban J connectivity index is 1.90. The average Bonchev–Trinajstić information content (AvgIpc) is 2.77. The fourth-order valence-electron chi connectivity index (χ4n) is 2.13. The summed E-state index contributed by atoms with van der Waals surface area (Å²) in [4.78, 5) is 14.9. The van der Waals surface area contributed by atoms with Crippen molar-refractivity contribution in [2.75, 3.05) is 7.05 Å². The lowest BCUT2D eigenvalue weighted by Crippen LogP contribution is -2.53. The molecule has 4 heteroatoms. The van der Waals surface area contributed by atoms with Crippen molar-refractivity contribution < 1.29 is 4.79 Å². The molecule has 1 aliphatic carbocycles. The first-order valence-electron chi connectivity index (χ1n) is 5.88. The number of amides is 1. The van der Waals surface area contributed by atoms with Crippen molar-refractivity contribution in [2.45, 2.75) is 37.6 Å². The Morgan fingerprint density at radius 3 is 2.88 bits per heavy atom. The number of rotatable bonds is 4. The zero-order valence-corrected chi connectivity index (χ0v) is 10.8. The number of thiophene rings is 1. The van der Waals surface area contributed by atoms with Crippen molar-refractivity contribution in [1.29, 1.82) is 5.26 Å². The predicted octanol–water partition coefficient (Wildman–Crippen LogP) is 2.59. The van der Waals surface area contributed by atoms with Crippen LogP contribution < -0.4 is 0 Å². The maximum Gasteiger partial charge on any atom is 0.223 e. The highest BCUT2D eigenvalue weighted by atomic mass is 32.1. The number of carbonyl (C=O) groups excluding carboxylic acids is 1. The highest BCUT2D eigenvalue weighted by molar-refractivity contribution is 7.09. The Kier molecular flexibility index (Phi) is 3.49. The summed E-state index contributed by atoms with van der Waals surface area (Å²) in [5.41, 5.74) is -0.507. The van der Waals surface area contributed by atoms with Gasteiger partial charge in [-0.1, -0.05) is 6.07 Å². The van der Waals surface area contributed by atoms with E-state index in [9.17, 15) is 4.79 Å². The molecular weight excluding hydrogens is 232 g/mol. The quantitative estimate of drug-likeness (QED) is 0.822. The first kappa shape index (κ1) is 12.1. The molecule has 17 heavy (non-hydrogen) atoms. The van der Waals surface area contributed by atoms with E-state index in [4.69, 9.17) is 5.26 Å². The minimum absolute atomic E-state index is 0.0830. The van der Waals surface area contributed by atoms with Gasteiger partial charge in [0, 0.05) is 18.3 Å². The number of aryl methyl sites for hydroxylation is 1. The maximum atomic E-state index is 12.0. The molecule has 1 saturated carbocycles. The van der Waals surface area contributed by atoms with Crippen LogP contribution in [0.15, 0.2) is 17.5 Å². The molecular formula is C13H16N2OS. The molecule has 0 unspecified atom stereocenters. The van der Waals surface area contributed by atoms with Crippen LogP contribution in [0.3, 0.4) is 0 Å². The topological polar surface area (TPSA) is 44.1 Å². The molecule has 1 fully saturated rings. The van der Waals surface area contributed by atoms with E-state index in [1.54, 1.807) is 23.3 Å². The van der Waals surface area contributed by atoms with E-state index in [1.165, 1.54) is 4.88 Å². The second-order valence-corrected chi connectivity index (χ2v) is 5.56. The van der Waals surface area contributed by atoms with Crippen LogP contribution in [-0.2, 0) is 11.2 Å². The van der Waals surface area contributed by atoms with Crippen molar-refractivity contribution in [3.05, 3.63) is 22.4 Å². The summed E-state index contributed by atoms with van der Waals surface area (Å²) in [5.74, 6) is 0.0830. The first-order valence-corrected chi connectivity index (χ1v) is 6.76. The zero-order chi connectivity index (χ0) is 12.3. The molecule has 0 saturated heterocycles. The highest BCUT2D eigenvalue weighted by Gasteiger charge is 2.43. The van der Waals surface area contributed by atoms with E-state index >= 15 is 0 Å². The second-order valence-electron chi connectivity index (χ2n) is 4.53. The summed E-state index contributed by atoms with van der Waals surface area (Å²) in [5, 5.41) is 11.2. The highest BCUT2D eigenvalue weighted by Crippen LogP contribution is 2.36. The van der Waals surface area contributed by atoms with Gasteiger partial charge in [-0.15, -0.1) is 11.3 Å². The minimum Gasteiger partial charge on any atom is -0.327 e. The lowest BCUT2D eigenvalue weighted by molar-refractivity contribution is -0.136. The standard InChI is InChI=1S/C13H16N2OS/c1-15(13(10-14)7-3-8-13)12(16)6-5-11-4-2-9-17-11/h2,4,9H,3,5-8H2,1H3. The summed E-state index contributed by atoms with van der Waals surface area (Å²) in [7, 11) is 1.76. The van der Waals surface area contributed by atoms with Gasteiger partial charge in [0.15, 0.2) is 0 Å². The lowest BCUT2D eigenvalue weighted by Gasteiger charge is -2.43. The molecule has 1 heterocycles. The third-order valence-electron chi connectivity index (χ3n) is 3.57. The normalized spacial score (nSPS) is 16.9. The number of nitriles is 1. The van der Waals surface area contributed by atoms with Gasteiger partial charge in [0.2, 0.25) is 5.91 Å². The van der Waals surface area contributed by atoms with Crippen LogP contribution in [0.1, 0.15) is 30.6 Å². The molecule has 0 N–H and O–H groups in total. The molecule has 3 nitrogen and oxygen atoms in total. The molecule has 0 bridgehead atoms. The van der Waals surface area contributed by atoms with Crippen molar-refractivity contribution in [3.8, 4) is 6.07 Å². The van der Waals surface area contributed by atoms with Crippen LogP contribution >= 0.6 is 11.3 Å². The Hall–Kier alpha value is -1.34. The van der Waals surface area contributed by atoms with Crippen molar-refractivity contribution in [3.63, 3.8) is 0 Å². The minimum atomic E-state index is -0.507. The summed E-state index contributed by atoms with van der Waals surface area (Å²) < 4.78 is 0. The van der Waals surface area contributed by atoms with Gasteiger partial charge in [0.25, 0.3) is 0 Å². The summed E-state index contributed by atoms with van der Waals surface area (Å²) in [6, 6.07) is 6.34. The Bertz CT molecular complexity index is 429. The van der Waals surface area contributed by atoms with Crippen molar-refractivity contribution in [2.24, 2.45) is 0 Å². The van der Waals surface area contributed by atoms with E-state index in [1.807, 2.05) is 17.5 Å². The van der Waals surface area contributed by atoms with E-state index in [-0.39, 0.29) is 5.91 Å². The van der Waals surface area contributed by atoms with E-state index in [0.29, 0.717) is 6.42 Å². The average molecular weight is 248 g/mol. The fraction of sp³-hybridized carbons (Fsp3) is 0.538. The number of hydrogen-bond acceptors (Lipinski definition) is 3. The Labute approximate surface area is 106 Å². The van der Waals surface area contributed by atoms with Crippen LogP contribution in [0, 0.1) is 11.3 Å². The molecule has 2 rings (SSSR count). The monoisotopic (exact) mass is 248 g/mol. The molecule has 1 aromatic heterocycles. The van der Waals surface area contributed by atoms with Gasteiger partial charge in [-0.05, 0) is 37.1 Å². The SMILES string of the molecule is CN(C(=O)CCc1cccs1)C1(C#N)CCC1. The third-order valence-corrected chi connectivity index (χ3v) is 4.51. The molecule has 0 radical (unpaired) electrons. The first-order chi connectivity index (χ1) is 8.18. The van der Waals surface area contributed by atoms with Crippen LogP contribution in [0.25, 0.3) is 0 Å². The van der Waals surface area contributed by atoms with Crippen molar-refractivity contribution >= 4 is 17.2 Å². The van der Waals surface area contributed by atoms with Crippen LogP contribution in [0.4, 0.5) is 0 Å². The molecule has 1 amide bonds. The Morgan fingerprint density at radius 1 is 1.65 bits per heavy atom. The summed E-state index contributed by atoms with van der Waals surface area (Å²) in [6.45, 7) is 0.